The Kier molecular flexibility index (Phi) is 10.2. The van der Waals surface area contributed by atoms with Crippen molar-refractivity contribution in [2.45, 2.75) is 60.3 Å². The van der Waals surface area contributed by atoms with Crippen molar-refractivity contribution in [3.05, 3.63) is 0 Å². The van der Waals surface area contributed by atoms with Gasteiger partial charge in [0.05, 0.1) is 0 Å². The fourth-order valence-corrected chi connectivity index (χ4v) is 2.08. The van der Waals surface area contributed by atoms with Gasteiger partial charge >= 0.3 is 0 Å². The minimum absolute atomic E-state index is 0.650. The highest BCUT2D eigenvalue weighted by atomic mass is 14.4. The van der Waals surface area contributed by atoms with Gasteiger partial charge in [-0.2, -0.15) is 0 Å². The van der Waals surface area contributed by atoms with Crippen LogP contribution in [0.2, 0.25) is 0 Å². The van der Waals surface area contributed by atoms with E-state index in [4.69, 9.17) is 0 Å². The van der Waals surface area contributed by atoms with Gasteiger partial charge in [0.1, 0.15) is 0 Å². The Labute approximate surface area is 85.1 Å². The molecule has 1 nitrogen and oxygen atoms in total. The van der Waals surface area contributed by atoms with Gasteiger partial charge in [-0.05, 0) is 31.2 Å². The maximum Gasteiger partial charge on any atom is -0.0195 e. The normalized spacial score (nSPS) is 24.7. The average molecular weight is 187 g/mol. The van der Waals surface area contributed by atoms with Gasteiger partial charge < -0.3 is 5.73 Å². The molecule has 0 unspecified atom stereocenters. The van der Waals surface area contributed by atoms with E-state index in [1.165, 1.54) is 32.7 Å². The van der Waals surface area contributed by atoms with Gasteiger partial charge in [-0.3, -0.25) is 0 Å². The van der Waals surface area contributed by atoms with Crippen LogP contribution < -0.4 is 5.73 Å². The monoisotopic (exact) mass is 187 g/mol. The standard InChI is InChI=1S/C9H18.C2H6.CH5N/c1-8-5-4-6-9(2,3)7-8;2*1-2/h8H,4-7H2,1-3H3;1-2H3;2H2,1H3/t8-;;/m0../s1. The highest BCUT2D eigenvalue weighted by molar-refractivity contribution is 4.76. The fourth-order valence-electron chi connectivity index (χ4n) is 2.08. The van der Waals surface area contributed by atoms with E-state index in [2.05, 4.69) is 26.5 Å². The third kappa shape index (κ3) is 8.29. The zero-order valence-corrected chi connectivity index (χ0v) is 10.5. The third-order valence-corrected chi connectivity index (χ3v) is 2.45. The van der Waals surface area contributed by atoms with E-state index < -0.39 is 0 Å². The third-order valence-electron chi connectivity index (χ3n) is 2.45. The first-order valence-corrected chi connectivity index (χ1v) is 5.68. The molecule has 82 valence electrons. The summed E-state index contributed by atoms with van der Waals surface area (Å²) in [7, 11) is 1.50. The molecule has 2 N–H and O–H groups in total. The Balaban J connectivity index is 0. The second-order valence-electron chi connectivity index (χ2n) is 4.37. The van der Waals surface area contributed by atoms with Crippen LogP contribution in [-0.4, -0.2) is 7.05 Å². The van der Waals surface area contributed by atoms with E-state index in [0.717, 1.165) is 5.92 Å². The second kappa shape index (κ2) is 8.55. The molecule has 1 aliphatic carbocycles. The molecule has 0 saturated heterocycles. The van der Waals surface area contributed by atoms with E-state index in [0.29, 0.717) is 5.41 Å². The van der Waals surface area contributed by atoms with E-state index in [-0.39, 0.29) is 0 Å². The van der Waals surface area contributed by atoms with Crippen LogP contribution in [0.5, 0.6) is 0 Å². The van der Waals surface area contributed by atoms with Gasteiger partial charge in [-0.25, -0.2) is 0 Å². The maximum atomic E-state index is 4.50. The van der Waals surface area contributed by atoms with E-state index in [1.54, 1.807) is 0 Å². The summed E-state index contributed by atoms with van der Waals surface area (Å²) < 4.78 is 0. The maximum absolute atomic E-state index is 4.50. The molecule has 1 fully saturated rings. The average Bonchev–Trinajstić information content (AvgIpc) is 2.09. The summed E-state index contributed by atoms with van der Waals surface area (Å²) in [6.07, 6.45) is 5.79. The first-order chi connectivity index (χ1) is 6.10. The van der Waals surface area contributed by atoms with Crippen LogP contribution in [-0.2, 0) is 0 Å². The molecule has 1 saturated carbocycles. The van der Waals surface area contributed by atoms with Gasteiger partial charge in [0, 0.05) is 0 Å². The first-order valence-electron chi connectivity index (χ1n) is 5.68. The molecule has 0 aromatic rings. The summed E-state index contributed by atoms with van der Waals surface area (Å²) >= 11 is 0. The molecule has 0 amide bonds. The predicted octanol–water partition coefficient (Wildman–Crippen LogP) is 3.82. The summed E-state index contributed by atoms with van der Waals surface area (Å²) in [6, 6.07) is 0. The molecule has 0 aromatic heterocycles. The van der Waals surface area contributed by atoms with Crippen molar-refractivity contribution in [3.8, 4) is 0 Å². The van der Waals surface area contributed by atoms with Crippen molar-refractivity contribution in [2.75, 3.05) is 7.05 Å². The lowest BCUT2D eigenvalue weighted by Crippen LogP contribution is -2.20. The number of hydrogen-bond acceptors (Lipinski definition) is 1. The van der Waals surface area contributed by atoms with Gasteiger partial charge in [-0.1, -0.05) is 47.5 Å². The summed E-state index contributed by atoms with van der Waals surface area (Å²) in [5.41, 5.74) is 5.15. The second-order valence-corrected chi connectivity index (χ2v) is 4.37. The molecule has 1 atom stereocenters. The first kappa shape index (κ1) is 15.4. The van der Waals surface area contributed by atoms with E-state index in [1.807, 2.05) is 13.8 Å². The smallest absolute Gasteiger partial charge is 0.0195 e. The molecule has 1 aliphatic rings. The zero-order valence-electron chi connectivity index (χ0n) is 10.5. The van der Waals surface area contributed by atoms with Gasteiger partial charge in [0.25, 0.3) is 0 Å². The fraction of sp³-hybridized carbons (Fsp3) is 1.00. The van der Waals surface area contributed by atoms with Crippen molar-refractivity contribution in [2.24, 2.45) is 17.1 Å². The number of rotatable bonds is 0. The summed E-state index contributed by atoms with van der Waals surface area (Å²) in [5, 5.41) is 0. The Morgan fingerprint density at radius 3 is 1.85 bits per heavy atom. The summed E-state index contributed by atoms with van der Waals surface area (Å²) in [5.74, 6) is 0.980. The van der Waals surface area contributed by atoms with E-state index >= 15 is 0 Å². The highest BCUT2D eigenvalue weighted by Crippen LogP contribution is 2.37. The molecular formula is C12H29N. The molecular weight excluding hydrogens is 158 g/mol. The Hall–Kier alpha value is -0.0400. The van der Waals surface area contributed by atoms with Crippen LogP contribution in [0.25, 0.3) is 0 Å². The minimum Gasteiger partial charge on any atom is -0.333 e. The SMILES string of the molecule is CC.CN.C[C@H]1CCCC(C)(C)C1. The molecule has 0 aliphatic heterocycles. The summed E-state index contributed by atoms with van der Waals surface area (Å²) in [6.45, 7) is 11.2. The lowest BCUT2D eigenvalue weighted by atomic mass is 9.73. The molecule has 1 heteroatoms. The molecule has 0 heterocycles. The van der Waals surface area contributed by atoms with Crippen LogP contribution in [0.3, 0.4) is 0 Å². The van der Waals surface area contributed by atoms with Crippen LogP contribution in [0.4, 0.5) is 0 Å². The number of nitrogens with two attached hydrogens (primary N) is 1. The Bertz CT molecular complexity index is 97.3. The minimum atomic E-state index is 0.650. The lowest BCUT2D eigenvalue weighted by Gasteiger charge is -2.33. The predicted molar refractivity (Wildman–Crippen MR) is 62.9 cm³/mol. The topological polar surface area (TPSA) is 26.0 Å². The van der Waals surface area contributed by atoms with Crippen LogP contribution >= 0.6 is 0 Å². The van der Waals surface area contributed by atoms with Gasteiger partial charge in [-0.15, -0.1) is 0 Å². The van der Waals surface area contributed by atoms with Crippen molar-refractivity contribution < 1.29 is 0 Å². The largest absolute Gasteiger partial charge is 0.333 e. The highest BCUT2D eigenvalue weighted by Gasteiger charge is 2.24. The Morgan fingerprint density at radius 1 is 1.15 bits per heavy atom. The van der Waals surface area contributed by atoms with Crippen molar-refractivity contribution in [1.29, 1.82) is 0 Å². The molecule has 0 radical (unpaired) electrons. The quantitative estimate of drug-likeness (QED) is 0.613. The molecule has 0 bridgehead atoms. The lowest BCUT2D eigenvalue weighted by molar-refractivity contribution is 0.191. The summed E-state index contributed by atoms with van der Waals surface area (Å²) in [4.78, 5) is 0. The molecule has 0 spiro atoms. The van der Waals surface area contributed by atoms with Crippen molar-refractivity contribution in [3.63, 3.8) is 0 Å². The molecule has 13 heavy (non-hydrogen) atoms. The Morgan fingerprint density at radius 2 is 1.62 bits per heavy atom. The van der Waals surface area contributed by atoms with Crippen molar-refractivity contribution in [1.82, 2.24) is 0 Å². The molecule has 0 aromatic carbocycles. The molecule has 1 rings (SSSR count). The van der Waals surface area contributed by atoms with Gasteiger partial charge in [0.15, 0.2) is 0 Å². The van der Waals surface area contributed by atoms with E-state index in [9.17, 15) is 0 Å². The zero-order chi connectivity index (χ0) is 10.9. The number of hydrogen-bond donors (Lipinski definition) is 1. The van der Waals surface area contributed by atoms with Crippen molar-refractivity contribution >= 4 is 0 Å². The van der Waals surface area contributed by atoms with Crippen LogP contribution in [0.15, 0.2) is 0 Å². The van der Waals surface area contributed by atoms with Crippen LogP contribution in [0.1, 0.15) is 60.3 Å². The van der Waals surface area contributed by atoms with Crippen LogP contribution in [0, 0.1) is 11.3 Å². The van der Waals surface area contributed by atoms with Gasteiger partial charge in [0.2, 0.25) is 0 Å².